The molecule has 0 bridgehead atoms. The second-order valence-corrected chi connectivity index (χ2v) is 10.9. The lowest BCUT2D eigenvalue weighted by molar-refractivity contribution is -0.661. The number of hydrogen-bond donors (Lipinski definition) is 0. The maximum atomic E-state index is 2.43. The summed E-state index contributed by atoms with van der Waals surface area (Å²) in [4.78, 5) is 0. The first kappa shape index (κ1) is 20.7. The number of nitrogens with zero attached hydrogens (tertiary/aromatic N) is 1. The van der Waals surface area contributed by atoms with Crippen LogP contribution in [0.1, 0.15) is 84.6 Å². The highest BCUT2D eigenvalue weighted by atomic mass is 14.9. The fourth-order valence-corrected chi connectivity index (χ4v) is 3.50. The maximum absolute atomic E-state index is 2.43. The highest BCUT2D eigenvalue weighted by molar-refractivity contribution is 5.64. The van der Waals surface area contributed by atoms with Gasteiger partial charge in [-0.15, -0.1) is 0 Å². The smallest absolute Gasteiger partial charge is 0.201 e. The first-order valence-corrected chi connectivity index (χ1v) is 9.78. The Morgan fingerprint density at radius 3 is 1.69 bits per heavy atom. The van der Waals surface area contributed by atoms with E-state index in [0.29, 0.717) is 0 Å². The standard InChI is InChI=1S/C25H38N/c1-17-12-13-18(23(2,3)4)14-19(17)22-15-20(24(5,6)7)21(16-26(22)11)25(8,9)10/h12-16H,1-11H3/q+1. The average molecular weight is 353 g/mol. The molecule has 0 N–H and O–H groups in total. The molecule has 26 heavy (non-hydrogen) atoms. The lowest BCUT2D eigenvalue weighted by atomic mass is 9.75. The van der Waals surface area contributed by atoms with Crippen molar-refractivity contribution in [3.63, 3.8) is 0 Å². The molecule has 0 spiro atoms. The fraction of sp³-hybridized carbons (Fsp3) is 0.560. The summed E-state index contributed by atoms with van der Waals surface area (Å²) in [5.41, 5.74) is 8.62. The van der Waals surface area contributed by atoms with Crippen LogP contribution < -0.4 is 4.57 Å². The molecule has 1 nitrogen and oxygen atoms in total. The van der Waals surface area contributed by atoms with Crippen LogP contribution >= 0.6 is 0 Å². The lowest BCUT2D eigenvalue weighted by Gasteiger charge is -2.29. The van der Waals surface area contributed by atoms with E-state index in [-0.39, 0.29) is 16.2 Å². The van der Waals surface area contributed by atoms with E-state index < -0.39 is 0 Å². The number of benzene rings is 1. The van der Waals surface area contributed by atoms with Crippen LogP contribution in [0.4, 0.5) is 0 Å². The molecular weight excluding hydrogens is 314 g/mol. The Labute approximate surface area is 161 Å². The summed E-state index contributed by atoms with van der Waals surface area (Å²) in [5, 5.41) is 0. The second-order valence-electron chi connectivity index (χ2n) is 10.9. The molecule has 0 aliphatic rings. The fourth-order valence-electron chi connectivity index (χ4n) is 3.50. The zero-order valence-electron chi connectivity index (χ0n) is 18.8. The van der Waals surface area contributed by atoms with E-state index in [4.69, 9.17) is 0 Å². The Bertz CT molecular complexity index is 806. The zero-order chi connectivity index (χ0) is 20.1. The molecule has 2 rings (SSSR count). The van der Waals surface area contributed by atoms with E-state index in [1.54, 1.807) is 0 Å². The summed E-state index contributed by atoms with van der Waals surface area (Å²) in [6.45, 7) is 22.9. The Morgan fingerprint density at radius 2 is 1.23 bits per heavy atom. The second kappa shape index (κ2) is 6.51. The molecule has 0 atom stereocenters. The summed E-state index contributed by atoms with van der Waals surface area (Å²) < 4.78 is 2.31. The van der Waals surface area contributed by atoms with Crippen LogP contribution in [0.2, 0.25) is 0 Å². The summed E-state index contributed by atoms with van der Waals surface area (Å²) in [6.07, 6.45) is 2.35. The van der Waals surface area contributed by atoms with Crippen molar-refractivity contribution in [3.05, 3.63) is 52.7 Å². The van der Waals surface area contributed by atoms with E-state index in [2.05, 4.69) is 111 Å². The monoisotopic (exact) mass is 352 g/mol. The molecule has 2 aromatic rings. The largest absolute Gasteiger partial charge is 0.212 e. The van der Waals surface area contributed by atoms with E-state index in [1.807, 2.05) is 0 Å². The number of pyridine rings is 1. The van der Waals surface area contributed by atoms with Crippen LogP contribution in [-0.2, 0) is 23.3 Å². The van der Waals surface area contributed by atoms with Crippen molar-refractivity contribution in [1.29, 1.82) is 0 Å². The van der Waals surface area contributed by atoms with Gasteiger partial charge in [0.2, 0.25) is 5.69 Å². The molecule has 1 heterocycles. The van der Waals surface area contributed by atoms with E-state index >= 15 is 0 Å². The summed E-state index contributed by atoms with van der Waals surface area (Å²) in [6, 6.07) is 9.35. The normalized spacial score (nSPS) is 13.2. The Kier molecular flexibility index (Phi) is 5.18. The highest BCUT2D eigenvalue weighted by Gasteiger charge is 2.30. The maximum Gasteiger partial charge on any atom is 0.212 e. The molecule has 1 aromatic carbocycles. The molecular formula is C25H38N+. The van der Waals surface area contributed by atoms with Crippen molar-refractivity contribution in [1.82, 2.24) is 0 Å². The van der Waals surface area contributed by atoms with Crippen molar-refractivity contribution in [3.8, 4) is 11.3 Å². The molecule has 0 fully saturated rings. The average Bonchev–Trinajstić information content (AvgIpc) is 2.44. The quantitative estimate of drug-likeness (QED) is 0.524. The van der Waals surface area contributed by atoms with E-state index in [9.17, 15) is 0 Å². The van der Waals surface area contributed by atoms with Crippen LogP contribution in [0.25, 0.3) is 11.3 Å². The number of aryl methyl sites for hydroxylation is 2. The molecule has 0 radical (unpaired) electrons. The van der Waals surface area contributed by atoms with Crippen molar-refractivity contribution in [2.75, 3.05) is 0 Å². The Hall–Kier alpha value is -1.63. The summed E-state index contributed by atoms with van der Waals surface area (Å²) in [7, 11) is 2.18. The predicted octanol–water partition coefficient (Wildman–Crippen LogP) is 6.38. The SMILES string of the molecule is Cc1ccc(C(C)(C)C)cc1-c1cc(C(C)(C)C)c(C(C)(C)C)c[n+]1C. The van der Waals surface area contributed by atoms with E-state index in [1.165, 1.54) is 33.5 Å². The van der Waals surface area contributed by atoms with Gasteiger partial charge in [0.15, 0.2) is 6.20 Å². The van der Waals surface area contributed by atoms with Crippen molar-refractivity contribution >= 4 is 0 Å². The Morgan fingerprint density at radius 1 is 0.692 bits per heavy atom. The van der Waals surface area contributed by atoms with Crippen LogP contribution in [-0.4, -0.2) is 0 Å². The van der Waals surface area contributed by atoms with E-state index in [0.717, 1.165) is 0 Å². The van der Waals surface area contributed by atoms with Crippen molar-refractivity contribution in [2.45, 2.75) is 85.5 Å². The van der Waals surface area contributed by atoms with Crippen molar-refractivity contribution in [2.24, 2.45) is 7.05 Å². The van der Waals surface area contributed by atoms with Gasteiger partial charge in [0.25, 0.3) is 0 Å². The van der Waals surface area contributed by atoms with Gasteiger partial charge in [0.05, 0.1) is 0 Å². The molecule has 0 unspecified atom stereocenters. The highest BCUT2D eigenvalue weighted by Crippen LogP contribution is 2.36. The van der Waals surface area contributed by atoms with Crippen LogP contribution in [0.5, 0.6) is 0 Å². The summed E-state index contributed by atoms with van der Waals surface area (Å²) >= 11 is 0. The number of rotatable bonds is 1. The molecule has 1 heteroatoms. The van der Waals surface area contributed by atoms with Gasteiger partial charge >= 0.3 is 0 Å². The zero-order valence-corrected chi connectivity index (χ0v) is 18.8. The third kappa shape index (κ3) is 4.19. The number of aromatic nitrogens is 1. The molecule has 0 saturated carbocycles. The van der Waals surface area contributed by atoms with Crippen LogP contribution in [0, 0.1) is 6.92 Å². The first-order valence-electron chi connectivity index (χ1n) is 9.78. The van der Waals surface area contributed by atoms with Gasteiger partial charge in [-0.25, -0.2) is 4.57 Å². The molecule has 0 aliphatic heterocycles. The van der Waals surface area contributed by atoms with Gasteiger partial charge in [-0.2, -0.15) is 0 Å². The minimum Gasteiger partial charge on any atom is -0.201 e. The van der Waals surface area contributed by atoms with Gasteiger partial charge in [-0.05, 0) is 45.9 Å². The third-order valence-corrected chi connectivity index (χ3v) is 5.27. The molecule has 142 valence electrons. The van der Waals surface area contributed by atoms with Gasteiger partial charge in [-0.1, -0.05) is 74.4 Å². The minimum absolute atomic E-state index is 0.112. The Balaban J connectivity index is 2.80. The van der Waals surface area contributed by atoms with Gasteiger partial charge < -0.3 is 0 Å². The predicted molar refractivity (Wildman–Crippen MR) is 114 cm³/mol. The van der Waals surface area contributed by atoms with Gasteiger partial charge in [-0.3, -0.25) is 0 Å². The lowest BCUT2D eigenvalue weighted by Crippen LogP contribution is -2.36. The number of hydrogen-bond acceptors (Lipinski definition) is 0. The molecule has 1 aromatic heterocycles. The van der Waals surface area contributed by atoms with Gasteiger partial charge in [0, 0.05) is 17.2 Å². The van der Waals surface area contributed by atoms with Crippen molar-refractivity contribution < 1.29 is 4.57 Å². The minimum atomic E-state index is 0.112. The van der Waals surface area contributed by atoms with Crippen LogP contribution in [0.3, 0.4) is 0 Å². The van der Waals surface area contributed by atoms with Crippen LogP contribution in [0.15, 0.2) is 30.5 Å². The third-order valence-electron chi connectivity index (χ3n) is 5.27. The summed E-state index contributed by atoms with van der Waals surface area (Å²) in [5.74, 6) is 0. The molecule has 0 saturated heterocycles. The van der Waals surface area contributed by atoms with Gasteiger partial charge in [0.1, 0.15) is 7.05 Å². The topological polar surface area (TPSA) is 3.88 Å². The molecule has 0 amide bonds. The molecule has 0 aliphatic carbocycles. The first-order chi connectivity index (χ1) is 11.6.